The Balaban J connectivity index is 2.14. The van der Waals surface area contributed by atoms with Gasteiger partial charge in [0.25, 0.3) is 0 Å². The quantitative estimate of drug-likeness (QED) is 0.367. The van der Waals surface area contributed by atoms with E-state index in [2.05, 4.69) is 20.9 Å². The van der Waals surface area contributed by atoms with Crippen molar-refractivity contribution in [1.29, 1.82) is 0 Å². The Bertz CT molecular complexity index is 819. The van der Waals surface area contributed by atoms with Crippen LogP contribution in [0.4, 0.5) is 4.39 Å². The Morgan fingerprint density at radius 2 is 2.10 bits per heavy atom. The topological polar surface area (TPSA) is 17.8 Å². The van der Waals surface area contributed by atoms with E-state index in [9.17, 15) is 4.39 Å². The number of hydrogen-bond acceptors (Lipinski definition) is 1. The fraction of sp³-hybridized carbons (Fsp3) is 0.133. The van der Waals surface area contributed by atoms with E-state index in [0.717, 1.165) is 26.9 Å². The normalized spacial score (nSPS) is 11.2. The highest BCUT2D eigenvalue weighted by molar-refractivity contribution is 14.1. The highest BCUT2D eigenvalue weighted by atomic mass is 127. The van der Waals surface area contributed by atoms with Gasteiger partial charge >= 0.3 is 0 Å². The first-order valence-corrected chi connectivity index (χ1v) is 8.63. The minimum absolute atomic E-state index is 0.236. The molecular weight excluding hydrogens is 469 g/mol. The Morgan fingerprint density at radius 3 is 2.81 bits per heavy atom. The number of nitrogens with zero attached hydrogens (tertiary/aromatic N) is 2. The summed E-state index contributed by atoms with van der Waals surface area (Å²) < 4.78 is 17.4. The largest absolute Gasteiger partial charge is 0.322 e. The summed E-state index contributed by atoms with van der Waals surface area (Å²) in [5.41, 5.74) is 2.64. The lowest BCUT2D eigenvalue weighted by molar-refractivity contribution is 0.621. The van der Waals surface area contributed by atoms with Crippen LogP contribution in [0, 0.1) is 9.39 Å². The van der Waals surface area contributed by atoms with Crippen molar-refractivity contribution in [2.75, 3.05) is 0 Å². The molecule has 0 amide bonds. The standard InChI is InChI=1S/C15H10BrClFIN2/c16-10-3-1-2-9(4-10)8-21-14-5-11(18)12(19)6-13(14)20-15(21)7-17/h1-6H,7-8H2. The van der Waals surface area contributed by atoms with Crippen molar-refractivity contribution in [2.45, 2.75) is 12.4 Å². The molecular formula is C15H10BrClFIN2. The lowest BCUT2D eigenvalue weighted by atomic mass is 10.2. The van der Waals surface area contributed by atoms with E-state index in [0.29, 0.717) is 16.0 Å². The molecule has 0 saturated carbocycles. The zero-order valence-corrected chi connectivity index (χ0v) is 15.3. The number of alkyl halides is 1. The number of halogens is 4. The Hall–Kier alpha value is -0.660. The molecule has 0 N–H and O–H groups in total. The smallest absolute Gasteiger partial charge is 0.138 e. The molecule has 0 atom stereocenters. The van der Waals surface area contributed by atoms with E-state index in [1.807, 2.05) is 51.4 Å². The number of fused-ring (bicyclic) bond motifs is 1. The van der Waals surface area contributed by atoms with Gasteiger partial charge in [-0.05, 0) is 46.4 Å². The van der Waals surface area contributed by atoms with Crippen LogP contribution in [-0.2, 0) is 12.4 Å². The molecule has 0 radical (unpaired) electrons. The molecule has 21 heavy (non-hydrogen) atoms. The fourth-order valence-corrected chi connectivity index (χ4v) is 3.37. The first kappa shape index (κ1) is 15.2. The summed E-state index contributed by atoms with van der Waals surface area (Å²) in [6, 6.07) is 11.3. The molecule has 1 aromatic heterocycles. The molecule has 0 aliphatic carbocycles. The van der Waals surface area contributed by atoms with Crippen LogP contribution in [0.25, 0.3) is 11.0 Å². The molecule has 3 aromatic rings. The Labute approximate surface area is 148 Å². The molecule has 2 aromatic carbocycles. The van der Waals surface area contributed by atoms with Crippen LogP contribution in [-0.4, -0.2) is 9.55 Å². The summed E-state index contributed by atoms with van der Waals surface area (Å²) in [7, 11) is 0. The van der Waals surface area contributed by atoms with Crippen LogP contribution in [0.15, 0.2) is 40.9 Å². The van der Waals surface area contributed by atoms with Crippen LogP contribution in [0.2, 0.25) is 0 Å². The first-order valence-electron chi connectivity index (χ1n) is 6.23. The summed E-state index contributed by atoms with van der Waals surface area (Å²) in [6.45, 7) is 0.609. The second kappa shape index (κ2) is 6.22. The van der Waals surface area contributed by atoms with Gasteiger partial charge in [-0.25, -0.2) is 9.37 Å². The van der Waals surface area contributed by atoms with Crippen molar-refractivity contribution in [1.82, 2.24) is 9.55 Å². The van der Waals surface area contributed by atoms with Crippen molar-refractivity contribution < 1.29 is 4.39 Å². The lowest BCUT2D eigenvalue weighted by Gasteiger charge is -2.08. The summed E-state index contributed by atoms with van der Waals surface area (Å²) in [4.78, 5) is 4.50. The van der Waals surface area contributed by atoms with Gasteiger partial charge in [-0.3, -0.25) is 0 Å². The third-order valence-corrected chi connectivity index (χ3v) is 4.78. The zero-order valence-electron chi connectivity index (χ0n) is 10.8. The van der Waals surface area contributed by atoms with Gasteiger partial charge in [0.15, 0.2) is 0 Å². The third-order valence-electron chi connectivity index (χ3n) is 3.22. The molecule has 0 unspecified atom stereocenters. The maximum absolute atomic E-state index is 13.9. The highest BCUT2D eigenvalue weighted by Crippen LogP contribution is 2.24. The SMILES string of the molecule is Fc1cc2c(cc1I)nc(CCl)n2Cc1cccc(Br)c1. The van der Waals surface area contributed by atoms with Gasteiger partial charge in [-0.15, -0.1) is 11.6 Å². The first-order chi connectivity index (χ1) is 10.1. The molecule has 6 heteroatoms. The summed E-state index contributed by atoms with van der Waals surface area (Å²) in [5.74, 6) is 0.800. The van der Waals surface area contributed by atoms with Gasteiger partial charge in [0, 0.05) is 17.1 Å². The summed E-state index contributed by atoms with van der Waals surface area (Å²) in [6.07, 6.45) is 0. The zero-order chi connectivity index (χ0) is 15.0. The van der Waals surface area contributed by atoms with Crippen molar-refractivity contribution in [2.24, 2.45) is 0 Å². The van der Waals surface area contributed by atoms with Crippen LogP contribution in [0.1, 0.15) is 11.4 Å². The van der Waals surface area contributed by atoms with E-state index in [-0.39, 0.29) is 5.82 Å². The number of benzene rings is 2. The van der Waals surface area contributed by atoms with Gasteiger partial charge in [-0.1, -0.05) is 28.1 Å². The predicted molar refractivity (Wildman–Crippen MR) is 95.2 cm³/mol. The second-order valence-corrected chi connectivity index (χ2v) is 6.98. The van der Waals surface area contributed by atoms with Crippen molar-refractivity contribution in [3.05, 3.63) is 61.6 Å². The molecule has 108 valence electrons. The van der Waals surface area contributed by atoms with Crippen molar-refractivity contribution in [3.8, 4) is 0 Å². The minimum Gasteiger partial charge on any atom is -0.322 e. The van der Waals surface area contributed by atoms with Gasteiger partial charge in [0.05, 0.1) is 20.5 Å². The van der Waals surface area contributed by atoms with Crippen molar-refractivity contribution in [3.63, 3.8) is 0 Å². The average molecular weight is 480 g/mol. The number of hydrogen-bond donors (Lipinski definition) is 0. The van der Waals surface area contributed by atoms with E-state index < -0.39 is 0 Å². The maximum Gasteiger partial charge on any atom is 0.138 e. The molecule has 0 fully saturated rings. The van der Waals surface area contributed by atoms with Gasteiger partial charge in [-0.2, -0.15) is 0 Å². The molecule has 0 aliphatic heterocycles. The van der Waals surface area contributed by atoms with E-state index in [1.165, 1.54) is 6.07 Å². The van der Waals surface area contributed by atoms with E-state index in [4.69, 9.17) is 11.6 Å². The molecule has 0 bridgehead atoms. The molecule has 0 aliphatic rings. The average Bonchev–Trinajstić information content (AvgIpc) is 2.77. The monoisotopic (exact) mass is 478 g/mol. The summed E-state index contributed by atoms with van der Waals surface area (Å²) >= 11 is 11.4. The number of rotatable bonds is 3. The number of aromatic nitrogens is 2. The molecule has 1 heterocycles. The van der Waals surface area contributed by atoms with Gasteiger partial charge < -0.3 is 4.57 Å². The molecule has 3 rings (SSSR count). The molecule has 0 spiro atoms. The Kier molecular flexibility index (Phi) is 4.51. The van der Waals surface area contributed by atoms with E-state index >= 15 is 0 Å². The second-order valence-electron chi connectivity index (χ2n) is 4.63. The number of imidazole rings is 1. The molecule has 2 nitrogen and oxygen atoms in total. The molecule has 0 saturated heterocycles. The third kappa shape index (κ3) is 3.10. The predicted octanol–water partition coefficient (Wildman–Crippen LogP) is 5.33. The highest BCUT2D eigenvalue weighted by Gasteiger charge is 2.13. The van der Waals surface area contributed by atoms with Crippen molar-refractivity contribution >= 4 is 61.2 Å². The minimum atomic E-state index is -0.236. The fourth-order valence-electron chi connectivity index (χ4n) is 2.27. The van der Waals surface area contributed by atoms with Gasteiger partial charge in [0.2, 0.25) is 0 Å². The van der Waals surface area contributed by atoms with E-state index in [1.54, 1.807) is 6.07 Å². The Morgan fingerprint density at radius 1 is 1.29 bits per heavy atom. The van der Waals surface area contributed by atoms with Crippen LogP contribution in [0.5, 0.6) is 0 Å². The van der Waals surface area contributed by atoms with Crippen LogP contribution < -0.4 is 0 Å². The van der Waals surface area contributed by atoms with Crippen LogP contribution >= 0.6 is 50.1 Å². The van der Waals surface area contributed by atoms with Gasteiger partial charge in [0.1, 0.15) is 11.6 Å². The maximum atomic E-state index is 13.9. The summed E-state index contributed by atoms with van der Waals surface area (Å²) in [5, 5.41) is 0. The van der Waals surface area contributed by atoms with Crippen LogP contribution in [0.3, 0.4) is 0 Å². The lowest BCUT2D eigenvalue weighted by Crippen LogP contribution is -2.04.